The number of nitrogens with one attached hydrogen (secondary N) is 2. The van der Waals surface area contributed by atoms with E-state index in [9.17, 15) is 4.79 Å². The van der Waals surface area contributed by atoms with E-state index in [0.717, 1.165) is 5.69 Å². The zero-order valence-electron chi connectivity index (χ0n) is 11.1. The Morgan fingerprint density at radius 2 is 2.38 bits per heavy atom. The molecule has 8 nitrogen and oxygen atoms in total. The van der Waals surface area contributed by atoms with Crippen molar-refractivity contribution in [3.05, 3.63) is 30.6 Å². The molecule has 0 bridgehead atoms. The van der Waals surface area contributed by atoms with Gasteiger partial charge in [-0.15, -0.1) is 17.5 Å². The van der Waals surface area contributed by atoms with Gasteiger partial charge in [0, 0.05) is 12.2 Å². The van der Waals surface area contributed by atoms with Crippen LogP contribution in [0.3, 0.4) is 0 Å². The van der Waals surface area contributed by atoms with Crippen molar-refractivity contribution in [2.45, 2.75) is 6.04 Å². The summed E-state index contributed by atoms with van der Waals surface area (Å²) in [6.07, 6.45) is 1.50. The molecule has 0 spiro atoms. The maximum Gasteiger partial charge on any atom is 0.243 e. The van der Waals surface area contributed by atoms with E-state index in [1.165, 1.54) is 11.0 Å². The Labute approximate surface area is 127 Å². The molecule has 1 aromatic carbocycles. The van der Waals surface area contributed by atoms with Crippen LogP contribution in [0.4, 0.5) is 5.69 Å². The highest BCUT2D eigenvalue weighted by molar-refractivity contribution is 5.95. The molecule has 0 radical (unpaired) electrons. The van der Waals surface area contributed by atoms with Gasteiger partial charge in [0.25, 0.3) is 0 Å². The van der Waals surface area contributed by atoms with Gasteiger partial charge < -0.3 is 15.4 Å². The SMILES string of the molecule is Cl.O=C(Nc1cccc(-n2cnnn2)c1)C1COCCN1. The average Bonchev–Trinajstić information content (AvgIpc) is 3.03. The second-order valence-electron chi connectivity index (χ2n) is 4.38. The molecule has 9 heteroatoms. The van der Waals surface area contributed by atoms with Gasteiger partial charge in [0.2, 0.25) is 5.91 Å². The van der Waals surface area contributed by atoms with E-state index < -0.39 is 0 Å². The number of rotatable bonds is 3. The summed E-state index contributed by atoms with van der Waals surface area (Å²) >= 11 is 0. The van der Waals surface area contributed by atoms with Gasteiger partial charge in [-0.3, -0.25) is 4.79 Å². The molecule has 1 saturated heterocycles. The molecule has 2 N–H and O–H groups in total. The molecule has 1 fully saturated rings. The number of hydrogen-bond acceptors (Lipinski definition) is 6. The molecule has 2 heterocycles. The monoisotopic (exact) mass is 310 g/mol. The summed E-state index contributed by atoms with van der Waals surface area (Å²) in [6.45, 7) is 1.71. The minimum absolute atomic E-state index is 0. The fraction of sp³-hybridized carbons (Fsp3) is 0.333. The Kier molecular flexibility index (Phi) is 5.20. The Morgan fingerprint density at radius 3 is 3.10 bits per heavy atom. The Balaban J connectivity index is 0.00000161. The third-order valence-corrected chi connectivity index (χ3v) is 2.97. The van der Waals surface area contributed by atoms with Crippen LogP contribution in [0.15, 0.2) is 30.6 Å². The lowest BCUT2D eigenvalue weighted by Crippen LogP contribution is -2.48. The predicted molar refractivity (Wildman–Crippen MR) is 77.6 cm³/mol. The van der Waals surface area contributed by atoms with Crippen LogP contribution in [0.5, 0.6) is 0 Å². The van der Waals surface area contributed by atoms with E-state index in [-0.39, 0.29) is 24.4 Å². The van der Waals surface area contributed by atoms with Crippen LogP contribution in [-0.4, -0.2) is 51.9 Å². The van der Waals surface area contributed by atoms with Crippen LogP contribution in [0.2, 0.25) is 0 Å². The van der Waals surface area contributed by atoms with E-state index in [4.69, 9.17) is 4.74 Å². The van der Waals surface area contributed by atoms with Crippen molar-refractivity contribution in [3.8, 4) is 5.69 Å². The topological polar surface area (TPSA) is 94.0 Å². The second-order valence-corrected chi connectivity index (χ2v) is 4.38. The molecule has 1 aromatic heterocycles. The molecular weight excluding hydrogens is 296 g/mol. The number of morpholine rings is 1. The smallest absolute Gasteiger partial charge is 0.243 e. The molecule has 1 aliphatic heterocycles. The summed E-state index contributed by atoms with van der Waals surface area (Å²) in [6, 6.07) is 6.99. The number of hydrogen-bond donors (Lipinski definition) is 2. The van der Waals surface area contributed by atoms with Crippen molar-refractivity contribution >= 4 is 24.0 Å². The van der Waals surface area contributed by atoms with Gasteiger partial charge in [-0.05, 0) is 28.6 Å². The first-order chi connectivity index (χ1) is 9.83. The molecule has 21 heavy (non-hydrogen) atoms. The first kappa shape index (κ1) is 15.4. The highest BCUT2D eigenvalue weighted by Gasteiger charge is 2.21. The third kappa shape index (κ3) is 3.75. The van der Waals surface area contributed by atoms with Crippen molar-refractivity contribution in [1.29, 1.82) is 0 Å². The molecule has 2 aromatic rings. The van der Waals surface area contributed by atoms with E-state index in [0.29, 0.717) is 25.4 Å². The highest BCUT2D eigenvalue weighted by atomic mass is 35.5. The number of carbonyl (C=O) groups is 1. The van der Waals surface area contributed by atoms with Crippen molar-refractivity contribution in [2.75, 3.05) is 25.1 Å². The van der Waals surface area contributed by atoms with E-state index in [2.05, 4.69) is 26.2 Å². The average molecular weight is 311 g/mol. The summed E-state index contributed by atoms with van der Waals surface area (Å²) in [5.74, 6) is -0.112. The lowest BCUT2D eigenvalue weighted by Gasteiger charge is -2.22. The van der Waals surface area contributed by atoms with E-state index in [1.54, 1.807) is 6.07 Å². The largest absolute Gasteiger partial charge is 0.378 e. The van der Waals surface area contributed by atoms with Gasteiger partial charge in [-0.1, -0.05) is 6.07 Å². The number of halogens is 1. The van der Waals surface area contributed by atoms with E-state index >= 15 is 0 Å². The summed E-state index contributed by atoms with van der Waals surface area (Å²) in [5, 5.41) is 16.9. The third-order valence-electron chi connectivity index (χ3n) is 2.97. The van der Waals surface area contributed by atoms with Crippen LogP contribution in [-0.2, 0) is 9.53 Å². The number of aromatic nitrogens is 4. The van der Waals surface area contributed by atoms with Crippen molar-refractivity contribution in [1.82, 2.24) is 25.5 Å². The number of anilines is 1. The number of carbonyl (C=O) groups excluding carboxylic acids is 1. The molecule has 0 saturated carbocycles. The van der Waals surface area contributed by atoms with Gasteiger partial charge in [-0.2, -0.15) is 0 Å². The van der Waals surface area contributed by atoms with Crippen LogP contribution in [0, 0.1) is 0 Å². The number of amides is 1. The molecule has 1 atom stereocenters. The Bertz CT molecular complexity index is 585. The number of tetrazole rings is 1. The quantitative estimate of drug-likeness (QED) is 0.829. The molecular formula is C12H15ClN6O2. The fourth-order valence-corrected chi connectivity index (χ4v) is 1.97. The summed E-state index contributed by atoms with van der Waals surface area (Å²) in [4.78, 5) is 12.1. The van der Waals surface area contributed by atoms with Gasteiger partial charge in [-0.25, -0.2) is 4.68 Å². The summed E-state index contributed by atoms with van der Waals surface area (Å²) in [7, 11) is 0. The summed E-state index contributed by atoms with van der Waals surface area (Å²) in [5.41, 5.74) is 1.47. The van der Waals surface area contributed by atoms with Gasteiger partial charge in [0.1, 0.15) is 12.4 Å². The van der Waals surface area contributed by atoms with Crippen LogP contribution < -0.4 is 10.6 Å². The lowest BCUT2D eigenvalue weighted by atomic mass is 10.2. The van der Waals surface area contributed by atoms with Crippen molar-refractivity contribution in [3.63, 3.8) is 0 Å². The van der Waals surface area contributed by atoms with Gasteiger partial charge >= 0.3 is 0 Å². The number of benzene rings is 1. The van der Waals surface area contributed by atoms with Gasteiger partial charge in [0.15, 0.2) is 0 Å². The predicted octanol–water partition coefficient (Wildman–Crippen LogP) is 0.0110. The Hall–Kier alpha value is -2.03. The standard InChI is InChI=1S/C12H14N6O2.ClH/c19-12(11-7-20-5-4-13-11)15-9-2-1-3-10(6-9)18-8-14-16-17-18;/h1-3,6,8,11,13H,4-5,7H2,(H,15,19);1H. The molecule has 0 aliphatic carbocycles. The first-order valence-corrected chi connectivity index (χ1v) is 6.28. The van der Waals surface area contributed by atoms with Crippen molar-refractivity contribution in [2.24, 2.45) is 0 Å². The minimum Gasteiger partial charge on any atom is -0.378 e. The normalized spacial score (nSPS) is 17.8. The molecule has 1 amide bonds. The maximum absolute atomic E-state index is 12.1. The first-order valence-electron chi connectivity index (χ1n) is 6.28. The molecule has 1 aliphatic rings. The highest BCUT2D eigenvalue weighted by Crippen LogP contribution is 2.13. The van der Waals surface area contributed by atoms with Crippen molar-refractivity contribution < 1.29 is 9.53 Å². The number of nitrogens with zero attached hydrogens (tertiary/aromatic N) is 4. The second kappa shape index (κ2) is 7.11. The fourth-order valence-electron chi connectivity index (χ4n) is 1.97. The van der Waals surface area contributed by atoms with Crippen LogP contribution >= 0.6 is 12.4 Å². The summed E-state index contributed by atoms with van der Waals surface area (Å²) < 4.78 is 6.80. The van der Waals surface area contributed by atoms with Gasteiger partial charge in [0.05, 0.1) is 18.9 Å². The zero-order valence-corrected chi connectivity index (χ0v) is 11.9. The van der Waals surface area contributed by atoms with Crippen LogP contribution in [0.25, 0.3) is 5.69 Å². The van der Waals surface area contributed by atoms with Crippen LogP contribution in [0.1, 0.15) is 0 Å². The van der Waals surface area contributed by atoms with E-state index in [1.807, 2.05) is 18.2 Å². The molecule has 1 unspecified atom stereocenters. The zero-order chi connectivity index (χ0) is 13.8. The Morgan fingerprint density at radius 1 is 1.48 bits per heavy atom. The minimum atomic E-state index is -0.319. The number of ether oxygens (including phenoxy) is 1. The molecule has 112 valence electrons. The molecule has 3 rings (SSSR count). The maximum atomic E-state index is 12.1. The lowest BCUT2D eigenvalue weighted by molar-refractivity contribution is -0.120.